The Hall–Kier alpha value is -1.99. The molecule has 2 N–H and O–H groups in total. The average Bonchev–Trinajstić information content (AvgIpc) is 2.61. The number of aryl methyl sites for hydroxylation is 1. The first-order valence-corrected chi connectivity index (χ1v) is 8.70. The van der Waals surface area contributed by atoms with Gasteiger partial charge in [0.1, 0.15) is 6.04 Å². The van der Waals surface area contributed by atoms with Crippen molar-refractivity contribution in [3.63, 3.8) is 0 Å². The lowest BCUT2D eigenvalue weighted by Crippen LogP contribution is -2.49. The van der Waals surface area contributed by atoms with Crippen molar-refractivity contribution in [2.24, 2.45) is 11.7 Å². The van der Waals surface area contributed by atoms with E-state index in [0.717, 1.165) is 25.3 Å². The summed E-state index contributed by atoms with van der Waals surface area (Å²) in [6.45, 7) is 9.09. The van der Waals surface area contributed by atoms with Crippen LogP contribution in [0.15, 0.2) is 18.3 Å². The van der Waals surface area contributed by atoms with Gasteiger partial charge in [-0.15, -0.1) is 0 Å². The molecular formula is C18H28N4O3. The van der Waals surface area contributed by atoms with Gasteiger partial charge in [0.15, 0.2) is 6.61 Å². The lowest BCUT2D eigenvalue weighted by atomic mass is 10.1. The molecule has 1 aromatic rings. The summed E-state index contributed by atoms with van der Waals surface area (Å²) < 4.78 is 5.04. The number of esters is 1. The number of carbonyl (C=O) groups excluding carboxylic acids is 2. The third-order valence-electron chi connectivity index (χ3n) is 4.43. The molecule has 138 valence electrons. The Morgan fingerprint density at radius 1 is 1.24 bits per heavy atom. The highest BCUT2D eigenvalue weighted by Gasteiger charge is 2.24. The van der Waals surface area contributed by atoms with Crippen molar-refractivity contribution < 1.29 is 14.3 Å². The quantitative estimate of drug-likeness (QED) is 0.756. The van der Waals surface area contributed by atoms with Crippen molar-refractivity contribution in [3.05, 3.63) is 29.6 Å². The lowest BCUT2D eigenvalue weighted by Gasteiger charge is -2.34. The first-order chi connectivity index (χ1) is 11.9. The standard InChI is InChI=1S/C18H28N4O3/c1-13(2)17(19)18(24)25-12-16(23)22-8-6-21(7-9-22)11-15-5-4-14(3)20-10-15/h4-5,10,13,17H,6-9,11-12,19H2,1-3H3/t17-/m0/s1. The van der Waals surface area contributed by atoms with Crippen molar-refractivity contribution in [1.29, 1.82) is 0 Å². The average molecular weight is 348 g/mol. The molecule has 1 aromatic heterocycles. The molecule has 25 heavy (non-hydrogen) atoms. The zero-order valence-corrected chi connectivity index (χ0v) is 15.3. The Balaban J connectivity index is 1.73. The van der Waals surface area contributed by atoms with Gasteiger partial charge >= 0.3 is 5.97 Å². The predicted octanol–water partition coefficient (Wildman–Crippen LogP) is 0.561. The highest BCUT2D eigenvalue weighted by molar-refractivity contribution is 5.82. The van der Waals surface area contributed by atoms with Crippen LogP contribution in [0.4, 0.5) is 0 Å². The molecule has 0 aromatic carbocycles. The van der Waals surface area contributed by atoms with Crippen molar-refractivity contribution in [2.45, 2.75) is 33.4 Å². The van der Waals surface area contributed by atoms with Crippen LogP contribution in [0.1, 0.15) is 25.1 Å². The first-order valence-electron chi connectivity index (χ1n) is 8.70. The minimum Gasteiger partial charge on any atom is -0.454 e. The summed E-state index contributed by atoms with van der Waals surface area (Å²) >= 11 is 0. The van der Waals surface area contributed by atoms with Crippen LogP contribution in [-0.2, 0) is 20.9 Å². The van der Waals surface area contributed by atoms with Crippen molar-refractivity contribution in [1.82, 2.24) is 14.8 Å². The number of aromatic nitrogens is 1. The van der Waals surface area contributed by atoms with Crippen LogP contribution in [-0.4, -0.2) is 65.5 Å². The number of rotatable bonds is 6. The second-order valence-corrected chi connectivity index (χ2v) is 6.84. The number of carbonyl (C=O) groups is 2. The van der Waals surface area contributed by atoms with Crippen molar-refractivity contribution in [3.8, 4) is 0 Å². The molecule has 1 atom stereocenters. The Kier molecular flexibility index (Phi) is 6.90. The lowest BCUT2D eigenvalue weighted by molar-refractivity contribution is -0.154. The summed E-state index contributed by atoms with van der Waals surface area (Å²) in [6, 6.07) is 3.40. The van der Waals surface area contributed by atoms with E-state index in [2.05, 4.69) is 16.0 Å². The summed E-state index contributed by atoms with van der Waals surface area (Å²) in [5, 5.41) is 0. The fourth-order valence-corrected chi connectivity index (χ4v) is 2.60. The minimum absolute atomic E-state index is 0.0117. The summed E-state index contributed by atoms with van der Waals surface area (Å²) in [6.07, 6.45) is 1.89. The number of hydrogen-bond donors (Lipinski definition) is 1. The SMILES string of the molecule is Cc1ccc(CN2CCN(C(=O)COC(=O)[C@@H](N)C(C)C)CC2)cn1. The zero-order valence-electron chi connectivity index (χ0n) is 15.3. The molecule has 1 fully saturated rings. The maximum absolute atomic E-state index is 12.2. The topological polar surface area (TPSA) is 88.8 Å². The molecule has 7 nitrogen and oxygen atoms in total. The second kappa shape index (κ2) is 8.92. The molecule has 1 aliphatic heterocycles. The molecule has 2 rings (SSSR count). The molecular weight excluding hydrogens is 320 g/mol. The fourth-order valence-electron chi connectivity index (χ4n) is 2.60. The second-order valence-electron chi connectivity index (χ2n) is 6.84. The van der Waals surface area contributed by atoms with Crippen LogP contribution in [0.25, 0.3) is 0 Å². The molecule has 1 aliphatic rings. The van der Waals surface area contributed by atoms with Gasteiger partial charge < -0.3 is 15.4 Å². The van der Waals surface area contributed by atoms with E-state index in [4.69, 9.17) is 10.5 Å². The fraction of sp³-hybridized carbons (Fsp3) is 0.611. The van der Waals surface area contributed by atoms with Crippen molar-refractivity contribution >= 4 is 11.9 Å². The van der Waals surface area contributed by atoms with Crippen LogP contribution < -0.4 is 5.73 Å². The van der Waals surface area contributed by atoms with E-state index < -0.39 is 12.0 Å². The van der Waals surface area contributed by atoms with Crippen LogP contribution in [0, 0.1) is 12.8 Å². The van der Waals surface area contributed by atoms with Crippen LogP contribution in [0.3, 0.4) is 0 Å². The summed E-state index contributed by atoms with van der Waals surface area (Å²) in [7, 11) is 0. The van der Waals surface area contributed by atoms with Crippen LogP contribution in [0.5, 0.6) is 0 Å². The molecule has 0 radical (unpaired) electrons. The van der Waals surface area contributed by atoms with Gasteiger partial charge in [-0.25, -0.2) is 0 Å². The third kappa shape index (κ3) is 5.79. The maximum atomic E-state index is 12.2. The highest BCUT2D eigenvalue weighted by atomic mass is 16.5. The molecule has 1 amide bonds. The maximum Gasteiger partial charge on any atom is 0.323 e. The van der Waals surface area contributed by atoms with Gasteiger partial charge in [-0.1, -0.05) is 19.9 Å². The number of pyridine rings is 1. The molecule has 7 heteroatoms. The van der Waals surface area contributed by atoms with Crippen LogP contribution >= 0.6 is 0 Å². The monoisotopic (exact) mass is 348 g/mol. The van der Waals surface area contributed by atoms with E-state index in [9.17, 15) is 9.59 Å². The number of amides is 1. The normalized spacial score (nSPS) is 16.8. The van der Waals surface area contributed by atoms with E-state index >= 15 is 0 Å². The molecule has 0 bridgehead atoms. The largest absolute Gasteiger partial charge is 0.454 e. The highest BCUT2D eigenvalue weighted by Crippen LogP contribution is 2.09. The Bertz CT molecular complexity index is 580. The van der Waals surface area contributed by atoms with E-state index in [1.54, 1.807) is 4.90 Å². The Labute approximate surface area is 149 Å². The van der Waals surface area contributed by atoms with Gasteiger partial charge in [0.2, 0.25) is 0 Å². The number of nitrogens with zero attached hydrogens (tertiary/aromatic N) is 3. The predicted molar refractivity (Wildman–Crippen MR) is 94.6 cm³/mol. The molecule has 1 saturated heterocycles. The molecule has 0 saturated carbocycles. The number of piperazine rings is 1. The summed E-state index contributed by atoms with van der Waals surface area (Å²) in [5.41, 5.74) is 7.89. The van der Waals surface area contributed by atoms with Gasteiger partial charge in [0, 0.05) is 44.6 Å². The summed E-state index contributed by atoms with van der Waals surface area (Å²) in [4.78, 5) is 32.2. The van der Waals surface area contributed by atoms with E-state index in [-0.39, 0.29) is 18.4 Å². The van der Waals surface area contributed by atoms with E-state index in [0.29, 0.717) is 13.1 Å². The van der Waals surface area contributed by atoms with Crippen molar-refractivity contribution in [2.75, 3.05) is 32.8 Å². The zero-order chi connectivity index (χ0) is 18.4. The van der Waals surface area contributed by atoms with Crippen LogP contribution in [0.2, 0.25) is 0 Å². The van der Waals surface area contributed by atoms with Gasteiger partial charge in [0.05, 0.1) is 0 Å². The van der Waals surface area contributed by atoms with Gasteiger partial charge in [-0.05, 0) is 24.5 Å². The number of nitrogens with two attached hydrogens (primary N) is 1. The third-order valence-corrected chi connectivity index (χ3v) is 4.43. The van der Waals surface area contributed by atoms with E-state index in [1.165, 1.54) is 5.56 Å². The van der Waals surface area contributed by atoms with E-state index in [1.807, 2.05) is 33.0 Å². The first kappa shape index (κ1) is 19.3. The van der Waals surface area contributed by atoms with Gasteiger partial charge in [-0.2, -0.15) is 0 Å². The molecule has 0 spiro atoms. The molecule has 0 unspecified atom stereocenters. The Morgan fingerprint density at radius 2 is 1.92 bits per heavy atom. The number of hydrogen-bond acceptors (Lipinski definition) is 6. The molecule has 2 heterocycles. The Morgan fingerprint density at radius 3 is 2.48 bits per heavy atom. The number of ether oxygens (including phenoxy) is 1. The summed E-state index contributed by atoms with van der Waals surface area (Å²) in [5.74, 6) is -0.697. The van der Waals surface area contributed by atoms with Gasteiger partial charge in [-0.3, -0.25) is 19.5 Å². The smallest absolute Gasteiger partial charge is 0.323 e. The van der Waals surface area contributed by atoms with Gasteiger partial charge in [0.25, 0.3) is 5.91 Å². The molecule has 0 aliphatic carbocycles. The minimum atomic E-state index is -0.687.